The van der Waals surface area contributed by atoms with Crippen LogP contribution in [0.5, 0.6) is 0 Å². The first-order valence-electron chi connectivity index (χ1n) is 7.88. The van der Waals surface area contributed by atoms with Crippen LogP contribution in [0.25, 0.3) is 0 Å². The number of rotatable bonds is 5. The van der Waals surface area contributed by atoms with Gasteiger partial charge in [0.1, 0.15) is 0 Å². The lowest BCUT2D eigenvalue weighted by Crippen LogP contribution is -2.50. The molecule has 106 valence electrons. The lowest BCUT2D eigenvalue weighted by molar-refractivity contribution is 0.0899. The second kappa shape index (κ2) is 6.88. The van der Waals surface area contributed by atoms with Crippen LogP contribution in [0.2, 0.25) is 0 Å². The molecule has 0 aromatic carbocycles. The third-order valence-electron chi connectivity index (χ3n) is 4.44. The maximum Gasteiger partial charge on any atom is 0.0113 e. The Morgan fingerprint density at radius 2 is 1.83 bits per heavy atom. The van der Waals surface area contributed by atoms with E-state index in [0.29, 0.717) is 0 Å². The Balaban J connectivity index is 1.70. The highest BCUT2D eigenvalue weighted by Crippen LogP contribution is 2.25. The maximum atomic E-state index is 3.61. The van der Waals surface area contributed by atoms with Gasteiger partial charge in [0.2, 0.25) is 0 Å². The van der Waals surface area contributed by atoms with Gasteiger partial charge >= 0.3 is 0 Å². The van der Waals surface area contributed by atoms with E-state index in [1.165, 1.54) is 52.0 Å². The summed E-state index contributed by atoms with van der Waals surface area (Å²) >= 11 is 0. The largest absolute Gasteiger partial charge is 0.314 e. The van der Waals surface area contributed by atoms with Crippen LogP contribution in [0, 0.1) is 5.92 Å². The van der Waals surface area contributed by atoms with Crippen LogP contribution in [0.3, 0.4) is 0 Å². The summed E-state index contributed by atoms with van der Waals surface area (Å²) < 4.78 is 0. The van der Waals surface area contributed by atoms with Crippen molar-refractivity contribution in [1.82, 2.24) is 15.1 Å². The van der Waals surface area contributed by atoms with Crippen molar-refractivity contribution in [3.05, 3.63) is 0 Å². The van der Waals surface area contributed by atoms with E-state index in [2.05, 4.69) is 35.9 Å². The molecule has 0 radical (unpaired) electrons. The van der Waals surface area contributed by atoms with Gasteiger partial charge in [-0.3, -0.25) is 4.90 Å². The SMILES string of the molecule is CCNC1CCC(N2CCN(CC(C)C)CC2)C1. The van der Waals surface area contributed by atoms with E-state index < -0.39 is 0 Å². The number of nitrogens with one attached hydrogen (secondary N) is 1. The standard InChI is InChI=1S/C15H31N3/c1-4-16-14-5-6-15(11-14)18-9-7-17(8-10-18)12-13(2)3/h13-16H,4-12H2,1-3H3. The third-order valence-corrected chi connectivity index (χ3v) is 4.44. The molecule has 2 fully saturated rings. The molecule has 3 heteroatoms. The molecule has 3 nitrogen and oxygen atoms in total. The van der Waals surface area contributed by atoms with Crippen molar-refractivity contribution in [2.75, 3.05) is 39.3 Å². The smallest absolute Gasteiger partial charge is 0.0113 e. The van der Waals surface area contributed by atoms with Gasteiger partial charge in [-0.2, -0.15) is 0 Å². The Bertz CT molecular complexity index is 234. The highest BCUT2D eigenvalue weighted by molar-refractivity contribution is 4.88. The van der Waals surface area contributed by atoms with Gasteiger partial charge in [0, 0.05) is 44.8 Å². The summed E-state index contributed by atoms with van der Waals surface area (Å²) in [5.41, 5.74) is 0. The molecule has 18 heavy (non-hydrogen) atoms. The first-order chi connectivity index (χ1) is 8.69. The Labute approximate surface area is 113 Å². The average molecular weight is 253 g/mol. The van der Waals surface area contributed by atoms with Crippen molar-refractivity contribution < 1.29 is 0 Å². The van der Waals surface area contributed by atoms with Crippen molar-refractivity contribution in [3.8, 4) is 0 Å². The second-order valence-corrected chi connectivity index (χ2v) is 6.45. The van der Waals surface area contributed by atoms with Crippen LogP contribution in [-0.4, -0.2) is 61.2 Å². The molecule has 1 heterocycles. The molecule has 1 N–H and O–H groups in total. The summed E-state index contributed by atoms with van der Waals surface area (Å²) in [6.45, 7) is 14.4. The molecular weight excluding hydrogens is 222 g/mol. The molecule has 0 amide bonds. The molecule has 2 aliphatic rings. The van der Waals surface area contributed by atoms with E-state index >= 15 is 0 Å². The summed E-state index contributed by atoms with van der Waals surface area (Å²) in [6.07, 6.45) is 4.16. The second-order valence-electron chi connectivity index (χ2n) is 6.45. The average Bonchev–Trinajstić information content (AvgIpc) is 2.78. The van der Waals surface area contributed by atoms with Gasteiger partial charge in [0.05, 0.1) is 0 Å². The van der Waals surface area contributed by atoms with Crippen molar-refractivity contribution in [2.45, 2.75) is 52.1 Å². The Hall–Kier alpha value is -0.120. The molecule has 2 atom stereocenters. The molecule has 1 aliphatic carbocycles. The Morgan fingerprint density at radius 3 is 2.44 bits per heavy atom. The monoisotopic (exact) mass is 253 g/mol. The van der Waals surface area contributed by atoms with Gasteiger partial charge in [0.15, 0.2) is 0 Å². The van der Waals surface area contributed by atoms with E-state index in [4.69, 9.17) is 0 Å². The Kier molecular flexibility index (Phi) is 5.46. The first-order valence-corrected chi connectivity index (χ1v) is 7.88. The predicted molar refractivity (Wildman–Crippen MR) is 78.0 cm³/mol. The van der Waals surface area contributed by atoms with Crippen LogP contribution in [-0.2, 0) is 0 Å². The highest BCUT2D eigenvalue weighted by Gasteiger charge is 2.30. The predicted octanol–water partition coefficient (Wildman–Crippen LogP) is 1.79. The lowest BCUT2D eigenvalue weighted by atomic mass is 10.1. The highest BCUT2D eigenvalue weighted by atomic mass is 15.3. The molecule has 0 aromatic rings. The first kappa shape index (κ1) is 14.3. The van der Waals surface area contributed by atoms with Crippen LogP contribution < -0.4 is 5.32 Å². The maximum absolute atomic E-state index is 3.61. The Morgan fingerprint density at radius 1 is 1.11 bits per heavy atom. The number of hydrogen-bond donors (Lipinski definition) is 1. The van der Waals surface area contributed by atoms with Gasteiger partial charge in [-0.15, -0.1) is 0 Å². The summed E-state index contributed by atoms with van der Waals surface area (Å²) in [5.74, 6) is 0.807. The fourth-order valence-electron chi connectivity index (χ4n) is 3.59. The summed E-state index contributed by atoms with van der Waals surface area (Å²) in [6, 6.07) is 1.64. The molecule has 1 aliphatic heterocycles. The summed E-state index contributed by atoms with van der Waals surface area (Å²) in [7, 11) is 0. The van der Waals surface area contributed by atoms with Gasteiger partial charge < -0.3 is 10.2 Å². The molecule has 1 saturated carbocycles. The molecule has 0 spiro atoms. The van der Waals surface area contributed by atoms with Crippen LogP contribution in [0.1, 0.15) is 40.0 Å². The third kappa shape index (κ3) is 3.94. The summed E-state index contributed by atoms with van der Waals surface area (Å²) in [5, 5.41) is 3.61. The van der Waals surface area contributed by atoms with E-state index in [9.17, 15) is 0 Å². The minimum atomic E-state index is 0.786. The van der Waals surface area contributed by atoms with E-state index in [-0.39, 0.29) is 0 Å². The van der Waals surface area contributed by atoms with E-state index in [0.717, 1.165) is 24.5 Å². The number of nitrogens with zero attached hydrogens (tertiary/aromatic N) is 2. The van der Waals surface area contributed by atoms with Crippen LogP contribution >= 0.6 is 0 Å². The number of hydrogen-bond acceptors (Lipinski definition) is 3. The zero-order chi connectivity index (χ0) is 13.0. The molecule has 2 rings (SSSR count). The molecule has 2 unspecified atom stereocenters. The van der Waals surface area contributed by atoms with Crippen molar-refractivity contribution in [1.29, 1.82) is 0 Å². The van der Waals surface area contributed by atoms with E-state index in [1.807, 2.05) is 0 Å². The lowest BCUT2D eigenvalue weighted by Gasteiger charge is -2.38. The minimum absolute atomic E-state index is 0.786. The quantitative estimate of drug-likeness (QED) is 0.806. The number of piperazine rings is 1. The molecule has 0 aromatic heterocycles. The topological polar surface area (TPSA) is 18.5 Å². The minimum Gasteiger partial charge on any atom is -0.314 e. The molecule has 1 saturated heterocycles. The van der Waals surface area contributed by atoms with Crippen molar-refractivity contribution in [2.24, 2.45) is 5.92 Å². The van der Waals surface area contributed by atoms with Gasteiger partial charge in [-0.05, 0) is 31.7 Å². The zero-order valence-corrected chi connectivity index (χ0v) is 12.5. The van der Waals surface area contributed by atoms with Crippen molar-refractivity contribution in [3.63, 3.8) is 0 Å². The molecular formula is C15H31N3. The van der Waals surface area contributed by atoms with Gasteiger partial charge in [-0.1, -0.05) is 20.8 Å². The van der Waals surface area contributed by atoms with Gasteiger partial charge in [-0.25, -0.2) is 0 Å². The van der Waals surface area contributed by atoms with Gasteiger partial charge in [0.25, 0.3) is 0 Å². The van der Waals surface area contributed by atoms with E-state index in [1.54, 1.807) is 0 Å². The summed E-state index contributed by atoms with van der Waals surface area (Å²) in [4.78, 5) is 5.38. The fourth-order valence-corrected chi connectivity index (χ4v) is 3.59. The molecule has 0 bridgehead atoms. The zero-order valence-electron chi connectivity index (χ0n) is 12.5. The fraction of sp³-hybridized carbons (Fsp3) is 1.00. The normalized spacial score (nSPS) is 31.3. The van der Waals surface area contributed by atoms with Crippen molar-refractivity contribution >= 4 is 0 Å². The van der Waals surface area contributed by atoms with Crippen LogP contribution in [0.4, 0.5) is 0 Å². The van der Waals surface area contributed by atoms with Crippen LogP contribution in [0.15, 0.2) is 0 Å².